The van der Waals surface area contributed by atoms with Gasteiger partial charge in [0, 0.05) is 38.2 Å². The van der Waals surface area contributed by atoms with Crippen LogP contribution in [0.3, 0.4) is 0 Å². The first-order chi connectivity index (χ1) is 13.9. The Morgan fingerprint density at radius 2 is 1.90 bits per heavy atom. The second-order valence-corrected chi connectivity index (χ2v) is 9.49. The summed E-state index contributed by atoms with van der Waals surface area (Å²) < 4.78 is 43.8. The van der Waals surface area contributed by atoms with Crippen LogP contribution in [0.25, 0.3) is 0 Å². The van der Waals surface area contributed by atoms with E-state index in [9.17, 15) is 13.2 Å². The Hall–Kier alpha value is -1.84. The van der Waals surface area contributed by atoms with E-state index >= 15 is 0 Å². The van der Waals surface area contributed by atoms with Crippen LogP contribution in [0.15, 0.2) is 23.1 Å². The van der Waals surface area contributed by atoms with Crippen molar-refractivity contribution in [2.45, 2.75) is 44.1 Å². The molecule has 1 saturated heterocycles. The Kier molecular flexibility index (Phi) is 7.37. The van der Waals surface area contributed by atoms with Crippen molar-refractivity contribution in [3.63, 3.8) is 0 Å². The summed E-state index contributed by atoms with van der Waals surface area (Å²) in [5, 5.41) is 2.93. The average molecular weight is 427 g/mol. The summed E-state index contributed by atoms with van der Waals surface area (Å²) in [6.07, 6.45) is 1.98. The molecule has 2 aliphatic rings. The fourth-order valence-electron chi connectivity index (χ4n) is 3.44. The van der Waals surface area contributed by atoms with Crippen LogP contribution in [0, 0.1) is 5.92 Å². The number of ether oxygens (including phenoxy) is 3. The highest BCUT2D eigenvalue weighted by Gasteiger charge is 2.32. The summed E-state index contributed by atoms with van der Waals surface area (Å²) in [5.41, 5.74) is 0. The summed E-state index contributed by atoms with van der Waals surface area (Å²) in [6, 6.07) is 4.69. The van der Waals surface area contributed by atoms with E-state index in [1.807, 2.05) is 13.8 Å². The van der Waals surface area contributed by atoms with Gasteiger partial charge in [0.05, 0.1) is 11.0 Å². The lowest BCUT2D eigenvalue weighted by atomic mass is 9.97. The molecule has 29 heavy (non-hydrogen) atoms. The number of amides is 1. The van der Waals surface area contributed by atoms with Crippen LogP contribution < -0.4 is 14.8 Å². The van der Waals surface area contributed by atoms with Crippen LogP contribution in [0.2, 0.25) is 0 Å². The summed E-state index contributed by atoms with van der Waals surface area (Å²) in [7, 11) is -3.63. The maximum absolute atomic E-state index is 13.0. The molecule has 9 heteroatoms. The first-order valence-electron chi connectivity index (χ1n) is 10.2. The first-order valence-corrected chi connectivity index (χ1v) is 11.6. The van der Waals surface area contributed by atoms with Crippen LogP contribution in [-0.4, -0.2) is 64.2 Å². The minimum absolute atomic E-state index is 0.00840. The molecule has 2 heterocycles. The fraction of sp³-hybridized carbons (Fsp3) is 0.650. The van der Waals surface area contributed by atoms with Gasteiger partial charge in [-0.3, -0.25) is 4.79 Å². The topological polar surface area (TPSA) is 94.2 Å². The predicted molar refractivity (Wildman–Crippen MR) is 108 cm³/mol. The number of fused-ring (bicyclic) bond motifs is 1. The van der Waals surface area contributed by atoms with Gasteiger partial charge in [0.2, 0.25) is 15.9 Å². The van der Waals surface area contributed by atoms with E-state index in [0.717, 1.165) is 6.42 Å². The molecule has 0 radical (unpaired) electrons. The molecule has 1 N–H and O–H groups in total. The van der Waals surface area contributed by atoms with Gasteiger partial charge < -0.3 is 19.5 Å². The van der Waals surface area contributed by atoms with Crippen LogP contribution in [0.5, 0.6) is 11.5 Å². The molecule has 0 unspecified atom stereocenters. The lowest BCUT2D eigenvalue weighted by molar-refractivity contribution is -0.126. The summed E-state index contributed by atoms with van der Waals surface area (Å²) in [5.74, 6) is 0.844. The van der Waals surface area contributed by atoms with E-state index in [0.29, 0.717) is 63.8 Å². The minimum Gasteiger partial charge on any atom is -0.486 e. The van der Waals surface area contributed by atoms with E-state index in [4.69, 9.17) is 14.2 Å². The predicted octanol–water partition coefficient (Wildman–Crippen LogP) is 1.79. The molecule has 0 atom stereocenters. The van der Waals surface area contributed by atoms with Crippen LogP contribution in [-0.2, 0) is 19.6 Å². The van der Waals surface area contributed by atoms with Crippen molar-refractivity contribution in [2.24, 2.45) is 5.92 Å². The number of rotatable bonds is 8. The highest BCUT2D eigenvalue weighted by Crippen LogP contribution is 2.34. The van der Waals surface area contributed by atoms with Crippen molar-refractivity contribution in [3.05, 3.63) is 18.2 Å². The minimum atomic E-state index is -3.63. The number of carbonyl (C=O) groups is 1. The van der Waals surface area contributed by atoms with Crippen molar-refractivity contribution in [3.8, 4) is 11.5 Å². The summed E-state index contributed by atoms with van der Waals surface area (Å²) >= 11 is 0. The Balaban J connectivity index is 1.50. The zero-order valence-electron chi connectivity index (χ0n) is 17.1. The molecule has 0 spiro atoms. The smallest absolute Gasteiger partial charge is 0.243 e. The van der Waals surface area contributed by atoms with Crippen LogP contribution in [0.1, 0.15) is 33.1 Å². The molecule has 1 aromatic rings. The Morgan fingerprint density at radius 1 is 1.21 bits per heavy atom. The van der Waals surface area contributed by atoms with Gasteiger partial charge in [-0.2, -0.15) is 4.31 Å². The average Bonchev–Trinajstić information content (AvgIpc) is 2.73. The maximum Gasteiger partial charge on any atom is 0.243 e. The highest BCUT2D eigenvalue weighted by molar-refractivity contribution is 7.89. The highest BCUT2D eigenvalue weighted by atomic mass is 32.2. The molecule has 1 fully saturated rings. The van der Waals surface area contributed by atoms with E-state index < -0.39 is 10.0 Å². The van der Waals surface area contributed by atoms with E-state index in [1.165, 1.54) is 10.4 Å². The van der Waals surface area contributed by atoms with Gasteiger partial charge >= 0.3 is 0 Å². The number of piperidine rings is 1. The Morgan fingerprint density at radius 3 is 2.59 bits per heavy atom. The molecule has 8 nitrogen and oxygen atoms in total. The zero-order valence-corrected chi connectivity index (χ0v) is 17.9. The number of benzene rings is 1. The summed E-state index contributed by atoms with van der Waals surface area (Å²) in [6.45, 7) is 6.65. The number of nitrogens with zero attached hydrogens (tertiary/aromatic N) is 1. The number of carbonyl (C=O) groups excluding carboxylic acids is 1. The summed E-state index contributed by atoms with van der Waals surface area (Å²) in [4.78, 5) is 12.5. The number of hydrogen-bond acceptors (Lipinski definition) is 6. The van der Waals surface area contributed by atoms with Gasteiger partial charge in [0.1, 0.15) is 13.2 Å². The zero-order chi connectivity index (χ0) is 20.9. The molecule has 2 aliphatic heterocycles. The normalized spacial score (nSPS) is 18.0. The molecule has 1 amide bonds. The van der Waals surface area contributed by atoms with Crippen molar-refractivity contribution in [1.82, 2.24) is 9.62 Å². The lowest BCUT2D eigenvalue weighted by Crippen LogP contribution is -2.43. The molecule has 1 aromatic carbocycles. The van der Waals surface area contributed by atoms with Gasteiger partial charge in [-0.05, 0) is 45.2 Å². The van der Waals surface area contributed by atoms with Crippen molar-refractivity contribution >= 4 is 15.9 Å². The third kappa shape index (κ3) is 5.61. The van der Waals surface area contributed by atoms with E-state index in [-0.39, 0.29) is 22.8 Å². The van der Waals surface area contributed by atoms with Gasteiger partial charge in [-0.15, -0.1) is 0 Å². The molecule has 0 saturated carbocycles. The van der Waals surface area contributed by atoms with Crippen molar-refractivity contribution < 1.29 is 27.4 Å². The van der Waals surface area contributed by atoms with Crippen molar-refractivity contribution in [2.75, 3.05) is 39.5 Å². The standard InChI is InChI=1S/C20H30N2O6S/c1-15(2)26-11-3-8-21-20(23)16-6-9-22(10-7-16)29(24,25)17-4-5-18-19(14-17)28-13-12-27-18/h4-5,14-16H,3,6-13H2,1-2H3,(H,21,23). The van der Waals surface area contributed by atoms with Gasteiger partial charge in [-0.25, -0.2) is 8.42 Å². The molecule has 0 aliphatic carbocycles. The first kappa shape index (κ1) is 21.9. The second kappa shape index (κ2) is 9.77. The van der Waals surface area contributed by atoms with E-state index in [2.05, 4.69) is 5.32 Å². The molecule has 0 bridgehead atoms. The molecular formula is C20H30N2O6S. The van der Waals surface area contributed by atoms with Crippen molar-refractivity contribution in [1.29, 1.82) is 0 Å². The molecule has 0 aromatic heterocycles. The molecular weight excluding hydrogens is 396 g/mol. The number of nitrogens with one attached hydrogen (secondary N) is 1. The van der Waals surface area contributed by atoms with Gasteiger partial charge in [-0.1, -0.05) is 0 Å². The molecule has 3 rings (SSSR count). The van der Waals surface area contributed by atoms with Gasteiger partial charge in [0.25, 0.3) is 0 Å². The van der Waals surface area contributed by atoms with Crippen LogP contribution in [0.4, 0.5) is 0 Å². The monoisotopic (exact) mass is 426 g/mol. The lowest BCUT2D eigenvalue weighted by Gasteiger charge is -2.30. The Bertz CT molecular complexity index is 803. The molecule has 162 valence electrons. The fourth-order valence-corrected chi connectivity index (χ4v) is 4.92. The van der Waals surface area contributed by atoms with Crippen LogP contribution >= 0.6 is 0 Å². The third-order valence-corrected chi connectivity index (χ3v) is 6.94. The SMILES string of the molecule is CC(C)OCCCNC(=O)C1CCN(S(=O)(=O)c2ccc3c(c2)OCCO3)CC1. The number of sulfonamides is 1. The quantitative estimate of drug-likeness (QED) is 0.637. The second-order valence-electron chi connectivity index (χ2n) is 7.55. The number of hydrogen-bond donors (Lipinski definition) is 1. The van der Waals surface area contributed by atoms with E-state index in [1.54, 1.807) is 12.1 Å². The maximum atomic E-state index is 13.0. The third-order valence-electron chi connectivity index (χ3n) is 5.05. The Labute approximate surface area is 172 Å². The largest absolute Gasteiger partial charge is 0.486 e. The van der Waals surface area contributed by atoms with Gasteiger partial charge in [0.15, 0.2) is 11.5 Å².